The van der Waals surface area contributed by atoms with Crippen molar-refractivity contribution in [3.63, 3.8) is 0 Å². The molecule has 0 fully saturated rings. The second-order valence-corrected chi connectivity index (χ2v) is 8.71. The summed E-state index contributed by atoms with van der Waals surface area (Å²) in [6.07, 6.45) is 2.43. The van der Waals surface area contributed by atoms with Gasteiger partial charge in [-0.25, -0.2) is 0 Å². The van der Waals surface area contributed by atoms with Gasteiger partial charge in [0.15, 0.2) is 5.78 Å². The van der Waals surface area contributed by atoms with Crippen LogP contribution in [0.3, 0.4) is 0 Å². The van der Waals surface area contributed by atoms with E-state index in [1.54, 1.807) is 49.6 Å². The number of benzene rings is 3. The molecule has 1 aliphatic heterocycles. The summed E-state index contributed by atoms with van der Waals surface area (Å²) < 4.78 is 5.36. The van der Waals surface area contributed by atoms with Gasteiger partial charge < -0.3 is 20.5 Å². The van der Waals surface area contributed by atoms with Crippen molar-refractivity contribution in [3.8, 4) is 11.5 Å². The SMILES string of the molecule is COc1ccc2c(c1)C(=CC(=O)c1ccc(C(=O)Nc3cccc(O)c3)cc1)NC(C)(C)C2. The van der Waals surface area contributed by atoms with E-state index in [0.29, 0.717) is 16.8 Å². The lowest BCUT2D eigenvalue weighted by molar-refractivity contribution is 0.102. The summed E-state index contributed by atoms with van der Waals surface area (Å²) in [6, 6.07) is 18.7. The summed E-state index contributed by atoms with van der Waals surface area (Å²) in [5.41, 5.74) is 4.03. The summed E-state index contributed by atoms with van der Waals surface area (Å²) in [6.45, 7) is 4.19. The van der Waals surface area contributed by atoms with Gasteiger partial charge in [-0.15, -0.1) is 0 Å². The Kier molecular flexibility index (Phi) is 5.92. The topological polar surface area (TPSA) is 87.7 Å². The van der Waals surface area contributed by atoms with Gasteiger partial charge in [0.05, 0.1) is 7.11 Å². The molecule has 3 aromatic carbocycles. The van der Waals surface area contributed by atoms with E-state index in [9.17, 15) is 14.7 Å². The van der Waals surface area contributed by atoms with Crippen molar-refractivity contribution in [2.45, 2.75) is 25.8 Å². The lowest BCUT2D eigenvalue weighted by Gasteiger charge is -2.35. The van der Waals surface area contributed by atoms with E-state index < -0.39 is 0 Å². The zero-order valence-electron chi connectivity index (χ0n) is 18.8. The van der Waals surface area contributed by atoms with E-state index in [4.69, 9.17) is 4.74 Å². The Labute approximate surface area is 192 Å². The van der Waals surface area contributed by atoms with Gasteiger partial charge in [0.25, 0.3) is 5.91 Å². The molecule has 0 bridgehead atoms. The van der Waals surface area contributed by atoms with Crippen LogP contribution in [0.2, 0.25) is 0 Å². The average Bonchev–Trinajstić information content (AvgIpc) is 2.78. The van der Waals surface area contributed by atoms with Crippen molar-refractivity contribution in [1.82, 2.24) is 5.32 Å². The number of phenols is 1. The van der Waals surface area contributed by atoms with Crippen LogP contribution in [0.25, 0.3) is 5.70 Å². The zero-order valence-corrected chi connectivity index (χ0v) is 18.8. The van der Waals surface area contributed by atoms with Crippen LogP contribution in [0.1, 0.15) is 45.7 Å². The predicted octanol–water partition coefficient (Wildman–Crippen LogP) is 4.80. The predicted molar refractivity (Wildman–Crippen MR) is 129 cm³/mol. The fraction of sp³-hybridized carbons (Fsp3) is 0.185. The summed E-state index contributed by atoms with van der Waals surface area (Å²) in [5.74, 6) is 0.315. The standard InChI is InChI=1S/C27H26N2O4/c1-27(2)16-19-11-12-22(33-3)14-23(19)24(29-27)15-25(31)17-7-9-18(10-8-17)26(32)28-20-5-4-6-21(30)13-20/h4-15,29-30H,16H2,1-3H3,(H,28,32). The molecule has 0 saturated heterocycles. The van der Waals surface area contributed by atoms with Gasteiger partial charge in [-0.2, -0.15) is 0 Å². The number of rotatable bonds is 5. The third-order valence-electron chi connectivity index (χ3n) is 5.52. The highest BCUT2D eigenvalue weighted by atomic mass is 16.5. The number of carbonyl (C=O) groups is 2. The van der Waals surface area contributed by atoms with Crippen molar-refractivity contribution in [1.29, 1.82) is 0 Å². The molecule has 168 valence electrons. The molecule has 1 aliphatic rings. The molecular weight excluding hydrogens is 416 g/mol. The number of ether oxygens (including phenoxy) is 1. The number of hydrogen-bond donors (Lipinski definition) is 3. The minimum Gasteiger partial charge on any atom is -0.508 e. The Hall–Kier alpha value is -4.06. The third kappa shape index (κ3) is 5.06. The van der Waals surface area contributed by atoms with Gasteiger partial charge in [0, 0.05) is 45.8 Å². The Balaban J connectivity index is 1.56. The van der Waals surface area contributed by atoms with Crippen LogP contribution in [0, 0.1) is 0 Å². The Morgan fingerprint density at radius 2 is 1.76 bits per heavy atom. The molecule has 3 aromatic rings. The third-order valence-corrected chi connectivity index (χ3v) is 5.52. The number of nitrogens with one attached hydrogen (secondary N) is 2. The van der Waals surface area contributed by atoms with Gasteiger partial charge in [0.2, 0.25) is 0 Å². The number of fused-ring (bicyclic) bond motifs is 1. The molecule has 0 saturated carbocycles. The summed E-state index contributed by atoms with van der Waals surface area (Å²) >= 11 is 0. The second kappa shape index (κ2) is 8.82. The molecule has 6 heteroatoms. The zero-order chi connectivity index (χ0) is 23.6. The molecule has 0 aliphatic carbocycles. The molecule has 0 spiro atoms. The van der Waals surface area contributed by atoms with Gasteiger partial charge in [-0.3, -0.25) is 9.59 Å². The first-order valence-corrected chi connectivity index (χ1v) is 10.7. The molecule has 0 atom stereocenters. The highest BCUT2D eigenvalue weighted by Crippen LogP contribution is 2.32. The lowest BCUT2D eigenvalue weighted by Crippen LogP contribution is -2.43. The smallest absolute Gasteiger partial charge is 0.255 e. The van der Waals surface area contributed by atoms with Gasteiger partial charge in [-0.1, -0.05) is 24.3 Å². The second-order valence-electron chi connectivity index (χ2n) is 8.71. The highest BCUT2D eigenvalue weighted by molar-refractivity contribution is 6.10. The Morgan fingerprint density at radius 3 is 2.45 bits per heavy atom. The van der Waals surface area contributed by atoms with Crippen LogP contribution < -0.4 is 15.4 Å². The minimum atomic E-state index is -0.324. The Bertz CT molecular complexity index is 1240. The lowest BCUT2D eigenvalue weighted by atomic mass is 9.85. The minimum absolute atomic E-state index is 0.0699. The number of ketones is 1. The molecule has 6 nitrogen and oxygen atoms in total. The van der Waals surface area contributed by atoms with Crippen molar-refractivity contribution in [2.75, 3.05) is 12.4 Å². The van der Waals surface area contributed by atoms with E-state index >= 15 is 0 Å². The number of amides is 1. The number of phenolic OH excluding ortho intramolecular Hbond substituents is 1. The molecule has 0 unspecified atom stereocenters. The molecule has 4 rings (SSSR count). The first-order valence-electron chi connectivity index (χ1n) is 10.7. The fourth-order valence-corrected chi connectivity index (χ4v) is 3.94. The number of methoxy groups -OCH3 is 1. The Morgan fingerprint density at radius 1 is 1.03 bits per heavy atom. The van der Waals surface area contributed by atoms with Gasteiger partial charge >= 0.3 is 0 Å². The van der Waals surface area contributed by atoms with Crippen molar-refractivity contribution < 1.29 is 19.4 Å². The number of aromatic hydroxyl groups is 1. The van der Waals surface area contributed by atoms with Crippen molar-refractivity contribution in [3.05, 3.63) is 95.1 Å². The van der Waals surface area contributed by atoms with Crippen LogP contribution in [0.5, 0.6) is 11.5 Å². The maximum atomic E-state index is 13.0. The summed E-state index contributed by atoms with van der Waals surface area (Å²) in [5, 5.41) is 15.7. The molecule has 1 heterocycles. The van der Waals surface area contributed by atoms with Crippen molar-refractivity contribution >= 4 is 23.1 Å². The molecule has 0 radical (unpaired) electrons. The van der Waals surface area contributed by atoms with E-state index in [2.05, 4.69) is 24.5 Å². The number of allylic oxidation sites excluding steroid dienone is 1. The molecule has 33 heavy (non-hydrogen) atoms. The molecule has 1 amide bonds. The molecular formula is C27H26N2O4. The van der Waals surface area contributed by atoms with Crippen LogP contribution in [0.4, 0.5) is 5.69 Å². The number of anilines is 1. The quantitative estimate of drug-likeness (QED) is 0.390. The molecule has 0 aromatic heterocycles. The monoisotopic (exact) mass is 442 g/mol. The van der Waals surface area contributed by atoms with Crippen LogP contribution in [-0.2, 0) is 6.42 Å². The van der Waals surface area contributed by atoms with Crippen LogP contribution in [-0.4, -0.2) is 29.4 Å². The van der Waals surface area contributed by atoms with Crippen LogP contribution >= 0.6 is 0 Å². The number of hydrogen-bond acceptors (Lipinski definition) is 5. The van der Waals surface area contributed by atoms with Crippen molar-refractivity contribution in [2.24, 2.45) is 0 Å². The fourth-order valence-electron chi connectivity index (χ4n) is 3.94. The maximum Gasteiger partial charge on any atom is 0.255 e. The first kappa shape index (κ1) is 22.1. The van der Waals surface area contributed by atoms with Crippen LogP contribution in [0.15, 0.2) is 72.8 Å². The normalized spacial score (nSPS) is 15.3. The van der Waals surface area contributed by atoms with E-state index in [0.717, 1.165) is 29.0 Å². The highest BCUT2D eigenvalue weighted by Gasteiger charge is 2.28. The average molecular weight is 443 g/mol. The largest absolute Gasteiger partial charge is 0.508 e. The summed E-state index contributed by atoms with van der Waals surface area (Å²) in [4.78, 5) is 25.5. The maximum absolute atomic E-state index is 13.0. The molecule has 3 N–H and O–H groups in total. The van der Waals surface area contributed by atoms with E-state index in [1.165, 1.54) is 12.1 Å². The number of carbonyl (C=O) groups excluding carboxylic acids is 2. The van der Waals surface area contributed by atoms with Gasteiger partial charge in [-0.05, 0) is 62.2 Å². The van der Waals surface area contributed by atoms with Gasteiger partial charge in [0.1, 0.15) is 11.5 Å². The summed E-state index contributed by atoms with van der Waals surface area (Å²) in [7, 11) is 1.62. The van der Waals surface area contributed by atoms with E-state index in [1.807, 2.05) is 18.2 Å². The first-order chi connectivity index (χ1) is 15.7. The van der Waals surface area contributed by atoms with E-state index in [-0.39, 0.29) is 23.0 Å².